The number of likely N-dealkylation sites (tertiary alicyclic amines) is 1. The summed E-state index contributed by atoms with van der Waals surface area (Å²) in [4.78, 5) is 27.4. The number of piperidine rings is 1. The monoisotopic (exact) mass is 294 g/mol. The fraction of sp³-hybridized carbons (Fsp3) is 0.600. The van der Waals surface area contributed by atoms with Crippen LogP contribution in [-0.2, 0) is 11.2 Å². The molecule has 0 spiro atoms. The predicted molar refractivity (Wildman–Crippen MR) is 80.9 cm³/mol. The van der Waals surface area contributed by atoms with Crippen molar-refractivity contribution in [3.63, 3.8) is 0 Å². The van der Waals surface area contributed by atoms with E-state index >= 15 is 0 Å². The molecular weight excluding hydrogens is 272 g/mol. The number of hydrogen-bond donors (Lipinski definition) is 1. The average molecular weight is 294 g/mol. The number of carbonyl (C=O) groups is 2. The van der Waals surface area contributed by atoms with Crippen molar-refractivity contribution in [2.45, 2.75) is 39.5 Å². The number of thiophene rings is 1. The van der Waals surface area contributed by atoms with Crippen LogP contribution in [0.25, 0.3) is 0 Å². The minimum atomic E-state index is -0.240. The van der Waals surface area contributed by atoms with Gasteiger partial charge in [-0.05, 0) is 43.7 Å². The van der Waals surface area contributed by atoms with Crippen LogP contribution in [0.2, 0.25) is 0 Å². The van der Waals surface area contributed by atoms with Crippen LogP contribution in [0.5, 0.6) is 0 Å². The number of nitrogens with zero attached hydrogens (tertiary/aromatic N) is 1. The number of nitrogens with two attached hydrogens (primary N) is 1. The molecule has 1 aliphatic rings. The van der Waals surface area contributed by atoms with Crippen molar-refractivity contribution in [1.29, 1.82) is 0 Å². The minimum absolute atomic E-state index is 0.135. The highest BCUT2D eigenvalue weighted by Gasteiger charge is 2.25. The van der Waals surface area contributed by atoms with Gasteiger partial charge in [-0.1, -0.05) is 6.92 Å². The van der Waals surface area contributed by atoms with E-state index in [9.17, 15) is 9.59 Å². The van der Waals surface area contributed by atoms with E-state index in [4.69, 9.17) is 5.73 Å². The van der Waals surface area contributed by atoms with Crippen LogP contribution >= 0.6 is 11.3 Å². The molecule has 2 heterocycles. The first-order chi connectivity index (χ1) is 9.51. The molecular formula is C15H22N2O2S. The Kier molecular flexibility index (Phi) is 4.81. The van der Waals surface area contributed by atoms with Gasteiger partial charge in [0, 0.05) is 24.4 Å². The summed E-state index contributed by atoms with van der Waals surface area (Å²) in [7, 11) is 0. The van der Waals surface area contributed by atoms with Crippen molar-refractivity contribution in [3.05, 3.63) is 21.4 Å². The summed E-state index contributed by atoms with van der Waals surface area (Å²) in [6.45, 7) is 5.64. The van der Waals surface area contributed by atoms with Crippen LogP contribution in [0, 0.1) is 12.8 Å². The number of primary amides is 1. The number of aryl methyl sites for hydroxylation is 2. The van der Waals surface area contributed by atoms with Gasteiger partial charge >= 0.3 is 0 Å². The van der Waals surface area contributed by atoms with Gasteiger partial charge in [-0.2, -0.15) is 0 Å². The average Bonchev–Trinajstić information content (AvgIpc) is 2.79. The van der Waals surface area contributed by atoms with Crippen molar-refractivity contribution >= 4 is 23.2 Å². The smallest absolute Gasteiger partial charge is 0.263 e. The third-order valence-corrected chi connectivity index (χ3v) is 5.08. The maximum atomic E-state index is 12.5. The molecule has 0 atom stereocenters. The van der Waals surface area contributed by atoms with Crippen molar-refractivity contribution in [2.75, 3.05) is 13.1 Å². The molecule has 110 valence electrons. The van der Waals surface area contributed by atoms with E-state index in [0.717, 1.165) is 37.2 Å². The Morgan fingerprint density at radius 2 is 2.05 bits per heavy atom. The second-order valence-corrected chi connectivity index (χ2v) is 6.71. The summed E-state index contributed by atoms with van der Waals surface area (Å²) in [5, 5.41) is 0. The standard InChI is InChI=1S/C15H22N2O2S/c1-3-12-9-13(20-10(12)2)15(19)17-6-4-11(5-7-17)8-14(16)18/h9,11H,3-8H2,1-2H3,(H2,16,18). The topological polar surface area (TPSA) is 63.4 Å². The minimum Gasteiger partial charge on any atom is -0.370 e. The molecule has 1 saturated heterocycles. The molecule has 1 aromatic heterocycles. The van der Waals surface area contributed by atoms with E-state index in [1.165, 1.54) is 10.4 Å². The number of rotatable bonds is 4. The van der Waals surface area contributed by atoms with Gasteiger partial charge in [0.1, 0.15) is 0 Å². The van der Waals surface area contributed by atoms with Gasteiger partial charge in [-0.25, -0.2) is 0 Å². The van der Waals surface area contributed by atoms with Gasteiger partial charge in [0.05, 0.1) is 4.88 Å². The lowest BCUT2D eigenvalue weighted by molar-refractivity contribution is -0.119. The third kappa shape index (κ3) is 3.39. The van der Waals surface area contributed by atoms with E-state index < -0.39 is 0 Å². The van der Waals surface area contributed by atoms with Crippen molar-refractivity contribution in [2.24, 2.45) is 11.7 Å². The second-order valence-electron chi connectivity index (χ2n) is 5.45. The number of carbonyl (C=O) groups excluding carboxylic acids is 2. The van der Waals surface area contributed by atoms with Gasteiger partial charge in [0.15, 0.2) is 0 Å². The molecule has 2 rings (SSSR count). The summed E-state index contributed by atoms with van der Waals surface area (Å²) >= 11 is 1.59. The molecule has 1 aliphatic heterocycles. The Morgan fingerprint density at radius 1 is 1.40 bits per heavy atom. The lowest BCUT2D eigenvalue weighted by Gasteiger charge is -2.31. The molecule has 2 amide bonds. The van der Waals surface area contributed by atoms with E-state index in [2.05, 4.69) is 13.8 Å². The molecule has 5 heteroatoms. The highest BCUT2D eigenvalue weighted by atomic mass is 32.1. The maximum Gasteiger partial charge on any atom is 0.263 e. The largest absolute Gasteiger partial charge is 0.370 e. The molecule has 20 heavy (non-hydrogen) atoms. The third-order valence-electron chi connectivity index (χ3n) is 4.00. The zero-order valence-corrected chi connectivity index (χ0v) is 13.0. The van der Waals surface area contributed by atoms with Crippen LogP contribution < -0.4 is 5.73 Å². The normalized spacial score (nSPS) is 16.4. The quantitative estimate of drug-likeness (QED) is 0.926. The Hall–Kier alpha value is -1.36. The SMILES string of the molecule is CCc1cc(C(=O)N2CCC(CC(N)=O)CC2)sc1C. The van der Waals surface area contributed by atoms with Crippen LogP contribution in [0.15, 0.2) is 6.07 Å². The van der Waals surface area contributed by atoms with Gasteiger partial charge in [-0.3, -0.25) is 9.59 Å². The lowest BCUT2D eigenvalue weighted by Crippen LogP contribution is -2.39. The summed E-state index contributed by atoms with van der Waals surface area (Å²) in [6.07, 6.45) is 3.16. The molecule has 4 nitrogen and oxygen atoms in total. The summed E-state index contributed by atoms with van der Waals surface area (Å²) in [5.41, 5.74) is 6.49. The van der Waals surface area contributed by atoms with Crippen molar-refractivity contribution in [3.8, 4) is 0 Å². The molecule has 0 unspecified atom stereocenters. The predicted octanol–water partition coefficient (Wildman–Crippen LogP) is 2.35. The first-order valence-electron chi connectivity index (χ1n) is 7.18. The van der Waals surface area contributed by atoms with Gasteiger partial charge in [-0.15, -0.1) is 11.3 Å². The highest BCUT2D eigenvalue weighted by molar-refractivity contribution is 7.14. The van der Waals surface area contributed by atoms with Crippen LogP contribution in [0.1, 0.15) is 46.3 Å². The van der Waals surface area contributed by atoms with Crippen LogP contribution in [-0.4, -0.2) is 29.8 Å². The summed E-state index contributed by atoms with van der Waals surface area (Å²) < 4.78 is 0. The summed E-state index contributed by atoms with van der Waals surface area (Å²) in [6, 6.07) is 2.03. The van der Waals surface area contributed by atoms with Crippen LogP contribution in [0.4, 0.5) is 0 Å². The molecule has 0 radical (unpaired) electrons. The van der Waals surface area contributed by atoms with Gasteiger partial charge in [0.25, 0.3) is 5.91 Å². The first-order valence-corrected chi connectivity index (χ1v) is 7.99. The zero-order chi connectivity index (χ0) is 14.7. The maximum absolute atomic E-state index is 12.5. The Balaban J connectivity index is 1.96. The molecule has 0 aliphatic carbocycles. The van der Waals surface area contributed by atoms with Crippen molar-refractivity contribution in [1.82, 2.24) is 4.90 Å². The van der Waals surface area contributed by atoms with Gasteiger partial charge < -0.3 is 10.6 Å². The van der Waals surface area contributed by atoms with E-state index in [1.54, 1.807) is 11.3 Å². The Bertz CT molecular complexity index is 502. The number of amides is 2. The van der Waals surface area contributed by atoms with Crippen LogP contribution in [0.3, 0.4) is 0 Å². The van der Waals surface area contributed by atoms with Crippen molar-refractivity contribution < 1.29 is 9.59 Å². The van der Waals surface area contributed by atoms with Gasteiger partial charge in [0.2, 0.25) is 5.91 Å². The fourth-order valence-corrected chi connectivity index (χ4v) is 3.84. The Labute approximate surface area is 124 Å². The molecule has 0 bridgehead atoms. The Morgan fingerprint density at radius 3 is 2.55 bits per heavy atom. The lowest BCUT2D eigenvalue weighted by atomic mass is 9.93. The van der Waals surface area contributed by atoms with E-state index in [0.29, 0.717) is 12.3 Å². The summed E-state index contributed by atoms with van der Waals surface area (Å²) in [5.74, 6) is 0.236. The number of hydrogen-bond acceptors (Lipinski definition) is 3. The molecule has 1 fully saturated rings. The zero-order valence-electron chi connectivity index (χ0n) is 12.1. The molecule has 2 N–H and O–H groups in total. The molecule has 0 aromatic carbocycles. The van der Waals surface area contributed by atoms with E-state index in [1.807, 2.05) is 11.0 Å². The van der Waals surface area contributed by atoms with E-state index in [-0.39, 0.29) is 11.8 Å². The first kappa shape index (κ1) is 15.0. The second kappa shape index (κ2) is 6.39. The fourth-order valence-electron chi connectivity index (χ4n) is 2.76. The highest BCUT2D eigenvalue weighted by Crippen LogP contribution is 2.26. The molecule has 1 aromatic rings. The molecule has 0 saturated carbocycles.